The van der Waals surface area contributed by atoms with Gasteiger partial charge in [0, 0.05) is 44.8 Å². The molecule has 0 radical (unpaired) electrons. The summed E-state index contributed by atoms with van der Waals surface area (Å²) in [5.41, 5.74) is 0.537. The van der Waals surface area contributed by atoms with Crippen LogP contribution in [0.2, 0.25) is 5.02 Å². The summed E-state index contributed by atoms with van der Waals surface area (Å²) in [5.74, 6) is -0.954. The third-order valence-electron chi connectivity index (χ3n) is 4.50. The smallest absolute Gasteiger partial charge is 0.228 e. The van der Waals surface area contributed by atoms with E-state index in [0.717, 1.165) is 13.1 Å². The minimum absolute atomic E-state index is 0.0239. The van der Waals surface area contributed by atoms with Gasteiger partial charge in [0.15, 0.2) is 0 Å². The molecule has 1 aromatic carbocycles. The average Bonchev–Trinajstić information content (AvgIpc) is 2.92. The number of anilines is 1. The number of carbonyl (C=O) groups is 2. The minimum atomic E-state index is -0.521. The summed E-state index contributed by atoms with van der Waals surface area (Å²) in [7, 11) is 2.03. The van der Waals surface area contributed by atoms with Crippen molar-refractivity contribution >= 4 is 29.1 Å². The maximum atomic E-state index is 13.3. The van der Waals surface area contributed by atoms with Crippen LogP contribution >= 0.6 is 11.6 Å². The first-order valence-corrected chi connectivity index (χ1v) is 8.06. The minimum Gasteiger partial charge on any atom is -0.340 e. The van der Waals surface area contributed by atoms with Crippen LogP contribution in [-0.4, -0.2) is 61.4 Å². The Bertz CT molecular complexity index is 632. The van der Waals surface area contributed by atoms with Crippen LogP contribution in [0.15, 0.2) is 18.2 Å². The normalized spacial score (nSPS) is 22.7. The van der Waals surface area contributed by atoms with Gasteiger partial charge in [-0.25, -0.2) is 4.39 Å². The van der Waals surface area contributed by atoms with Gasteiger partial charge in [-0.15, -0.1) is 0 Å². The number of amides is 2. The van der Waals surface area contributed by atoms with Gasteiger partial charge in [0.1, 0.15) is 5.82 Å². The van der Waals surface area contributed by atoms with E-state index in [0.29, 0.717) is 25.3 Å². The second-order valence-electron chi connectivity index (χ2n) is 6.13. The Morgan fingerprint density at radius 1 is 1.26 bits per heavy atom. The quantitative estimate of drug-likeness (QED) is 0.822. The molecular formula is C16H19ClFN3O2. The van der Waals surface area contributed by atoms with E-state index in [1.807, 2.05) is 11.9 Å². The zero-order valence-corrected chi connectivity index (χ0v) is 13.7. The Morgan fingerprint density at radius 3 is 2.61 bits per heavy atom. The first-order chi connectivity index (χ1) is 11.0. The Morgan fingerprint density at radius 2 is 1.96 bits per heavy atom. The second kappa shape index (κ2) is 6.45. The highest BCUT2D eigenvalue weighted by Gasteiger charge is 2.37. The number of likely N-dealkylation sites (N-methyl/N-ethyl adjacent to an activating group) is 1. The lowest BCUT2D eigenvalue weighted by Crippen LogP contribution is -2.49. The molecule has 0 aliphatic carbocycles. The standard InChI is InChI=1S/C16H19ClFN3O2/c1-19-4-6-20(7-5-19)16(23)11-8-15(22)21(10-11)12-2-3-14(18)13(17)9-12/h2-3,9,11H,4-8,10H2,1H3/t11-/m0/s1. The van der Waals surface area contributed by atoms with Crippen LogP contribution in [0.25, 0.3) is 0 Å². The zero-order valence-electron chi connectivity index (χ0n) is 13.0. The molecule has 0 aromatic heterocycles. The summed E-state index contributed by atoms with van der Waals surface area (Å²) in [6, 6.07) is 4.18. The van der Waals surface area contributed by atoms with Crippen molar-refractivity contribution in [2.45, 2.75) is 6.42 Å². The molecule has 2 aliphatic rings. The topological polar surface area (TPSA) is 43.9 Å². The fourth-order valence-electron chi connectivity index (χ4n) is 3.06. The molecule has 23 heavy (non-hydrogen) atoms. The van der Waals surface area contributed by atoms with E-state index in [4.69, 9.17) is 11.6 Å². The molecule has 124 valence electrons. The van der Waals surface area contributed by atoms with Gasteiger partial charge in [0.2, 0.25) is 11.8 Å². The molecule has 0 N–H and O–H groups in total. The van der Waals surface area contributed by atoms with Crippen molar-refractivity contribution in [1.82, 2.24) is 9.80 Å². The van der Waals surface area contributed by atoms with Crippen LogP contribution < -0.4 is 4.90 Å². The molecule has 2 heterocycles. The molecule has 3 rings (SSSR count). The highest BCUT2D eigenvalue weighted by atomic mass is 35.5. The van der Waals surface area contributed by atoms with E-state index in [1.54, 1.807) is 0 Å². The van der Waals surface area contributed by atoms with Crippen molar-refractivity contribution in [3.63, 3.8) is 0 Å². The van der Waals surface area contributed by atoms with Crippen molar-refractivity contribution in [1.29, 1.82) is 0 Å². The molecule has 2 aliphatic heterocycles. The third kappa shape index (κ3) is 3.33. The summed E-state index contributed by atoms with van der Waals surface area (Å²) in [5, 5.41) is -0.0239. The third-order valence-corrected chi connectivity index (χ3v) is 4.79. The van der Waals surface area contributed by atoms with Gasteiger partial charge in [-0.3, -0.25) is 9.59 Å². The molecule has 2 amide bonds. The first-order valence-electron chi connectivity index (χ1n) is 7.68. The van der Waals surface area contributed by atoms with E-state index in [9.17, 15) is 14.0 Å². The van der Waals surface area contributed by atoms with Gasteiger partial charge in [-0.1, -0.05) is 11.6 Å². The van der Waals surface area contributed by atoms with Crippen molar-refractivity contribution in [2.24, 2.45) is 5.92 Å². The molecule has 0 bridgehead atoms. The van der Waals surface area contributed by atoms with Crippen LogP contribution in [0.4, 0.5) is 10.1 Å². The fraction of sp³-hybridized carbons (Fsp3) is 0.500. The van der Waals surface area contributed by atoms with E-state index in [2.05, 4.69) is 4.90 Å². The first kappa shape index (κ1) is 16.2. The number of piperazine rings is 1. The highest BCUT2D eigenvalue weighted by Crippen LogP contribution is 2.29. The van der Waals surface area contributed by atoms with E-state index in [-0.39, 0.29) is 29.2 Å². The predicted molar refractivity (Wildman–Crippen MR) is 85.9 cm³/mol. The Labute approximate surface area is 139 Å². The number of benzene rings is 1. The van der Waals surface area contributed by atoms with Gasteiger partial charge in [-0.05, 0) is 25.2 Å². The lowest BCUT2D eigenvalue weighted by molar-refractivity contribution is -0.137. The van der Waals surface area contributed by atoms with Crippen molar-refractivity contribution in [3.8, 4) is 0 Å². The van der Waals surface area contributed by atoms with Gasteiger partial charge in [-0.2, -0.15) is 0 Å². The average molecular weight is 340 g/mol. The van der Waals surface area contributed by atoms with Crippen LogP contribution in [0.5, 0.6) is 0 Å². The molecule has 0 spiro atoms. The largest absolute Gasteiger partial charge is 0.340 e. The van der Waals surface area contributed by atoms with Crippen molar-refractivity contribution in [3.05, 3.63) is 29.0 Å². The SMILES string of the molecule is CN1CCN(C(=O)[C@H]2CC(=O)N(c3ccc(F)c(Cl)c3)C2)CC1. The van der Waals surface area contributed by atoms with Crippen LogP contribution in [0, 0.1) is 11.7 Å². The molecule has 5 nitrogen and oxygen atoms in total. The maximum Gasteiger partial charge on any atom is 0.228 e. The predicted octanol–water partition coefficient (Wildman–Crippen LogP) is 1.61. The lowest BCUT2D eigenvalue weighted by Gasteiger charge is -2.33. The number of halogens is 2. The van der Waals surface area contributed by atoms with E-state index in [1.165, 1.54) is 23.1 Å². The molecule has 2 saturated heterocycles. The Balaban J connectivity index is 1.69. The van der Waals surface area contributed by atoms with Crippen LogP contribution in [0.3, 0.4) is 0 Å². The van der Waals surface area contributed by atoms with Crippen molar-refractivity contribution in [2.75, 3.05) is 44.7 Å². The van der Waals surface area contributed by atoms with Gasteiger partial charge >= 0.3 is 0 Å². The van der Waals surface area contributed by atoms with E-state index >= 15 is 0 Å². The summed E-state index contributed by atoms with van der Waals surface area (Å²) >= 11 is 5.78. The fourth-order valence-corrected chi connectivity index (χ4v) is 3.24. The van der Waals surface area contributed by atoms with E-state index < -0.39 is 5.82 Å². The number of nitrogens with zero attached hydrogens (tertiary/aromatic N) is 3. The van der Waals surface area contributed by atoms with Gasteiger partial charge < -0.3 is 14.7 Å². The Hall–Kier alpha value is -1.66. The molecule has 0 saturated carbocycles. The highest BCUT2D eigenvalue weighted by molar-refractivity contribution is 6.31. The second-order valence-corrected chi connectivity index (χ2v) is 6.54. The molecule has 1 aromatic rings. The molecule has 1 atom stereocenters. The summed E-state index contributed by atoms with van der Waals surface area (Å²) < 4.78 is 13.3. The number of hydrogen-bond acceptors (Lipinski definition) is 3. The Kier molecular flexibility index (Phi) is 4.55. The van der Waals surface area contributed by atoms with Gasteiger partial charge in [0.05, 0.1) is 10.9 Å². The molecule has 2 fully saturated rings. The summed E-state index contributed by atoms with van der Waals surface area (Å²) in [6.45, 7) is 3.42. The molecular weight excluding hydrogens is 321 g/mol. The summed E-state index contributed by atoms with van der Waals surface area (Å²) in [6.07, 6.45) is 0.195. The molecule has 0 unspecified atom stereocenters. The number of hydrogen-bond donors (Lipinski definition) is 0. The zero-order chi connectivity index (χ0) is 16.6. The van der Waals surface area contributed by atoms with Crippen LogP contribution in [0.1, 0.15) is 6.42 Å². The van der Waals surface area contributed by atoms with Gasteiger partial charge in [0.25, 0.3) is 0 Å². The number of carbonyl (C=O) groups excluding carboxylic acids is 2. The van der Waals surface area contributed by atoms with Crippen LogP contribution in [-0.2, 0) is 9.59 Å². The molecule has 7 heteroatoms. The number of rotatable bonds is 2. The van der Waals surface area contributed by atoms with Crippen molar-refractivity contribution < 1.29 is 14.0 Å². The lowest BCUT2D eigenvalue weighted by atomic mass is 10.1. The maximum absolute atomic E-state index is 13.3. The summed E-state index contributed by atoms with van der Waals surface area (Å²) in [4.78, 5) is 30.4. The monoisotopic (exact) mass is 339 g/mol.